The molecule has 3 unspecified atom stereocenters. The van der Waals surface area contributed by atoms with Gasteiger partial charge in [-0.05, 0) is 25.2 Å². The second-order valence-corrected chi connectivity index (χ2v) is 5.29. The number of nitrogens with zero attached hydrogens (tertiary/aromatic N) is 1. The lowest BCUT2D eigenvalue weighted by Crippen LogP contribution is -2.27. The second kappa shape index (κ2) is 5.83. The van der Waals surface area contributed by atoms with Gasteiger partial charge in [0.15, 0.2) is 0 Å². The van der Waals surface area contributed by atoms with Crippen LogP contribution in [0.25, 0.3) is 0 Å². The molecule has 4 heteroatoms. The minimum absolute atomic E-state index is 0.0582. The van der Waals surface area contributed by atoms with Crippen molar-refractivity contribution in [1.82, 2.24) is 4.90 Å². The van der Waals surface area contributed by atoms with E-state index in [2.05, 4.69) is 11.8 Å². The lowest BCUT2D eigenvalue weighted by Gasteiger charge is -2.17. The lowest BCUT2D eigenvalue weighted by atomic mass is 9.99. The van der Waals surface area contributed by atoms with E-state index in [-0.39, 0.29) is 11.9 Å². The number of likely N-dealkylation sites (tertiary alicyclic amines) is 1. The van der Waals surface area contributed by atoms with Crippen molar-refractivity contribution >= 4 is 5.97 Å². The number of rotatable bonds is 4. The number of esters is 1. The van der Waals surface area contributed by atoms with Gasteiger partial charge in [0.25, 0.3) is 0 Å². The van der Waals surface area contributed by atoms with Crippen LogP contribution in [0.2, 0.25) is 0 Å². The Morgan fingerprint density at radius 3 is 2.94 bits per heavy atom. The van der Waals surface area contributed by atoms with E-state index in [1.54, 1.807) is 0 Å². The molecule has 3 atom stereocenters. The summed E-state index contributed by atoms with van der Waals surface area (Å²) < 4.78 is 10.5. The Labute approximate surface area is 103 Å². The monoisotopic (exact) mass is 241 g/mol. The molecular weight excluding hydrogens is 218 g/mol. The molecule has 0 radical (unpaired) electrons. The third-order valence-corrected chi connectivity index (χ3v) is 3.98. The first-order valence-electron chi connectivity index (χ1n) is 6.62. The quantitative estimate of drug-likeness (QED) is 0.695. The molecule has 2 fully saturated rings. The Morgan fingerprint density at radius 2 is 2.29 bits per heavy atom. The van der Waals surface area contributed by atoms with Crippen LogP contribution in [-0.2, 0) is 14.3 Å². The number of hydrogen-bond donors (Lipinski definition) is 0. The van der Waals surface area contributed by atoms with E-state index in [0.29, 0.717) is 12.0 Å². The van der Waals surface area contributed by atoms with Gasteiger partial charge in [0.2, 0.25) is 0 Å². The minimum atomic E-state index is -0.0582. The molecule has 0 aliphatic carbocycles. The van der Waals surface area contributed by atoms with E-state index in [4.69, 9.17) is 9.47 Å². The van der Waals surface area contributed by atoms with Gasteiger partial charge in [0.05, 0.1) is 19.1 Å². The van der Waals surface area contributed by atoms with Gasteiger partial charge in [-0.3, -0.25) is 4.79 Å². The Hall–Kier alpha value is -0.610. The first-order chi connectivity index (χ1) is 8.20. The summed E-state index contributed by atoms with van der Waals surface area (Å²) >= 11 is 0. The van der Waals surface area contributed by atoms with E-state index in [9.17, 15) is 4.79 Å². The summed E-state index contributed by atoms with van der Waals surface area (Å²) in [5.74, 6) is 0.411. The van der Waals surface area contributed by atoms with Gasteiger partial charge in [0, 0.05) is 26.2 Å². The van der Waals surface area contributed by atoms with Crippen LogP contribution < -0.4 is 0 Å². The van der Waals surface area contributed by atoms with Gasteiger partial charge < -0.3 is 14.4 Å². The Morgan fingerprint density at radius 1 is 1.47 bits per heavy atom. The fourth-order valence-electron chi connectivity index (χ4n) is 2.91. The topological polar surface area (TPSA) is 38.8 Å². The highest BCUT2D eigenvalue weighted by atomic mass is 16.5. The Kier molecular flexibility index (Phi) is 4.40. The van der Waals surface area contributed by atoms with Crippen LogP contribution in [0.15, 0.2) is 0 Å². The lowest BCUT2D eigenvalue weighted by molar-refractivity contribution is -0.146. The molecule has 0 amide bonds. The molecule has 0 aromatic carbocycles. The molecule has 17 heavy (non-hydrogen) atoms. The van der Waals surface area contributed by atoms with Crippen molar-refractivity contribution < 1.29 is 14.3 Å². The predicted octanol–water partition coefficient (Wildman–Crippen LogP) is 1.30. The molecule has 2 heterocycles. The van der Waals surface area contributed by atoms with E-state index in [1.165, 1.54) is 20.0 Å². The molecule has 0 N–H and O–H groups in total. The second-order valence-electron chi connectivity index (χ2n) is 5.29. The molecule has 2 aliphatic rings. The predicted molar refractivity (Wildman–Crippen MR) is 64.7 cm³/mol. The van der Waals surface area contributed by atoms with Crippen molar-refractivity contribution in [1.29, 1.82) is 0 Å². The van der Waals surface area contributed by atoms with Gasteiger partial charge >= 0.3 is 5.97 Å². The van der Waals surface area contributed by atoms with Gasteiger partial charge in [-0.15, -0.1) is 0 Å². The van der Waals surface area contributed by atoms with Gasteiger partial charge in [-0.1, -0.05) is 6.92 Å². The van der Waals surface area contributed by atoms with Crippen molar-refractivity contribution in [2.75, 3.05) is 33.4 Å². The first-order valence-corrected chi connectivity index (χ1v) is 6.62. The summed E-state index contributed by atoms with van der Waals surface area (Å²) in [5.41, 5.74) is 0. The first kappa shape index (κ1) is 12.8. The van der Waals surface area contributed by atoms with Crippen LogP contribution in [0, 0.1) is 11.8 Å². The van der Waals surface area contributed by atoms with Crippen molar-refractivity contribution in [3.8, 4) is 0 Å². The molecule has 4 nitrogen and oxygen atoms in total. The molecular formula is C13H23NO3. The normalized spacial score (nSPS) is 34.1. The summed E-state index contributed by atoms with van der Waals surface area (Å²) in [7, 11) is 1.48. The number of hydrogen-bond acceptors (Lipinski definition) is 4. The van der Waals surface area contributed by atoms with E-state index >= 15 is 0 Å². The van der Waals surface area contributed by atoms with Crippen LogP contribution >= 0.6 is 0 Å². The number of ether oxygens (including phenoxy) is 2. The Bertz CT molecular complexity index is 263. The summed E-state index contributed by atoms with van der Waals surface area (Å²) in [6.07, 6.45) is 3.94. The SMILES string of the molecule is COC(=O)C1CN(CCC2CCCO2)CC1C. The molecule has 0 spiro atoms. The fraction of sp³-hybridized carbons (Fsp3) is 0.923. The molecule has 2 saturated heterocycles. The molecule has 2 rings (SSSR count). The summed E-state index contributed by atoms with van der Waals surface area (Å²) in [4.78, 5) is 13.9. The third kappa shape index (κ3) is 3.19. The van der Waals surface area contributed by atoms with Crippen molar-refractivity contribution in [3.63, 3.8) is 0 Å². The Balaban J connectivity index is 1.74. The highest BCUT2D eigenvalue weighted by Crippen LogP contribution is 2.25. The molecule has 98 valence electrons. The average molecular weight is 241 g/mol. The van der Waals surface area contributed by atoms with Crippen molar-refractivity contribution in [2.45, 2.75) is 32.3 Å². The average Bonchev–Trinajstić information content (AvgIpc) is 2.94. The number of methoxy groups -OCH3 is 1. The third-order valence-electron chi connectivity index (χ3n) is 3.98. The zero-order valence-electron chi connectivity index (χ0n) is 10.9. The van der Waals surface area contributed by atoms with Crippen LogP contribution in [0.4, 0.5) is 0 Å². The molecule has 2 aliphatic heterocycles. The van der Waals surface area contributed by atoms with E-state index in [0.717, 1.165) is 32.7 Å². The maximum atomic E-state index is 11.6. The van der Waals surface area contributed by atoms with Crippen molar-refractivity contribution in [2.24, 2.45) is 11.8 Å². The fourth-order valence-corrected chi connectivity index (χ4v) is 2.91. The number of carbonyl (C=O) groups is 1. The maximum absolute atomic E-state index is 11.6. The summed E-state index contributed by atoms with van der Waals surface area (Å²) in [6.45, 7) is 5.95. The summed E-state index contributed by atoms with van der Waals surface area (Å²) in [5, 5.41) is 0. The van der Waals surface area contributed by atoms with Gasteiger partial charge in [-0.25, -0.2) is 0 Å². The van der Waals surface area contributed by atoms with Crippen LogP contribution in [0.3, 0.4) is 0 Å². The van der Waals surface area contributed by atoms with Gasteiger partial charge in [-0.2, -0.15) is 0 Å². The zero-order valence-corrected chi connectivity index (χ0v) is 10.9. The largest absolute Gasteiger partial charge is 0.469 e. The zero-order chi connectivity index (χ0) is 12.3. The van der Waals surface area contributed by atoms with Gasteiger partial charge in [0.1, 0.15) is 0 Å². The van der Waals surface area contributed by atoms with Crippen molar-refractivity contribution in [3.05, 3.63) is 0 Å². The van der Waals surface area contributed by atoms with Crippen LogP contribution in [0.1, 0.15) is 26.2 Å². The van der Waals surface area contributed by atoms with E-state index < -0.39 is 0 Å². The molecule has 0 aromatic rings. The van der Waals surface area contributed by atoms with Crippen LogP contribution in [0.5, 0.6) is 0 Å². The minimum Gasteiger partial charge on any atom is -0.469 e. The maximum Gasteiger partial charge on any atom is 0.310 e. The highest BCUT2D eigenvalue weighted by molar-refractivity contribution is 5.73. The van der Waals surface area contributed by atoms with E-state index in [1.807, 2.05) is 0 Å². The van der Waals surface area contributed by atoms with Crippen LogP contribution in [-0.4, -0.2) is 50.3 Å². The smallest absolute Gasteiger partial charge is 0.310 e. The molecule has 0 bridgehead atoms. The highest BCUT2D eigenvalue weighted by Gasteiger charge is 2.35. The number of carbonyl (C=O) groups excluding carboxylic acids is 1. The molecule has 0 saturated carbocycles. The molecule has 0 aromatic heterocycles. The standard InChI is InChI=1S/C13H23NO3/c1-10-8-14(9-12(10)13(15)16-2)6-5-11-4-3-7-17-11/h10-12H,3-9H2,1-2H3. The summed E-state index contributed by atoms with van der Waals surface area (Å²) in [6, 6.07) is 0.